The lowest BCUT2D eigenvalue weighted by molar-refractivity contribution is 0.110. The molecular formula is C19H20ClFN2S. The molecule has 1 fully saturated rings. The van der Waals surface area contributed by atoms with E-state index in [4.69, 9.17) is 11.6 Å². The summed E-state index contributed by atoms with van der Waals surface area (Å²) >= 11 is 8.02. The van der Waals surface area contributed by atoms with Crippen LogP contribution in [0.2, 0.25) is 5.02 Å². The third kappa shape index (κ3) is 3.21. The van der Waals surface area contributed by atoms with Crippen LogP contribution < -0.4 is 0 Å². The molecule has 0 aliphatic carbocycles. The van der Waals surface area contributed by atoms with E-state index in [1.165, 1.54) is 10.5 Å². The highest BCUT2D eigenvalue weighted by Crippen LogP contribution is 2.44. The van der Waals surface area contributed by atoms with Crippen LogP contribution in [0.25, 0.3) is 0 Å². The van der Waals surface area contributed by atoms with Gasteiger partial charge in [-0.05, 0) is 61.0 Å². The van der Waals surface area contributed by atoms with Gasteiger partial charge in [-0.15, -0.1) is 0 Å². The quantitative estimate of drug-likeness (QED) is 0.738. The van der Waals surface area contributed by atoms with Gasteiger partial charge in [0.05, 0.1) is 0 Å². The second kappa shape index (κ2) is 6.68. The van der Waals surface area contributed by atoms with Crippen LogP contribution in [-0.4, -0.2) is 43.0 Å². The van der Waals surface area contributed by atoms with Gasteiger partial charge in [0, 0.05) is 47.0 Å². The average molecular weight is 363 g/mol. The minimum Gasteiger partial charge on any atom is -0.304 e. The van der Waals surface area contributed by atoms with Gasteiger partial charge < -0.3 is 4.90 Å². The molecule has 126 valence electrons. The van der Waals surface area contributed by atoms with E-state index in [0.29, 0.717) is 0 Å². The molecule has 2 heterocycles. The predicted octanol–water partition coefficient (Wildman–Crippen LogP) is 4.47. The van der Waals surface area contributed by atoms with E-state index in [9.17, 15) is 4.39 Å². The van der Waals surface area contributed by atoms with E-state index < -0.39 is 0 Å². The molecule has 5 heteroatoms. The van der Waals surface area contributed by atoms with E-state index >= 15 is 0 Å². The Morgan fingerprint density at radius 2 is 1.79 bits per heavy atom. The van der Waals surface area contributed by atoms with Gasteiger partial charge in [0.25, 0.3) is 0 Å². The van der Waals surface area contributed by atoms with E-state index in [0.717, 1.165) is 48.1 Å². The van der Waals surface area contributed by atoms with Crippen LogP contribution >= 0.6 is 23.4 Å². The summed E-state index contributed by atoms with van der Waals surface area (Å²) in [5.74, 6) is -0.157. The molecule has 2 aliphatic rings. The Labute approximate surface area is 151 Å². The smallest absolute Gasteiger partial charge is 0.123 e. The zero-order chi connectivity index (χ0) is 16.7. The van der Waals surface area contributed by atoms with Gasteiger partial charge in [0.1, 0.15) is 5.82 Å². The zero-order valence-electron chi connectivity index (χ0n) is 13.6. The van der Waals surface area contributed by atoms with E-state index in [2.05, 4.69) is 29.0 Å². The average Bonchev–Trinajstić information content (AvgIpc) is 2.72. The lowest BCUT2D eigenvalue weighted by atomic mass is 9.96. The Kier molecular flexibility index (Phi) is 4.56. The first-order valence-electron chi connectivity index (χ1n) is 8.28. The number of benzene rings is 2. The van der Waals surface area contributed by atoms with Gasteiger partial charge in [-0.3, -0.25) is 4.90 Å². The van der Waals surface area contributed by atoms with Crippen molar-refractivity contribution in [2.45, 2.75) is 22.3 Å². The minimum absolute atomic E-state index is 0.157. The molecule has 24 heavy (non-hydrogen) atoms. The van der Waals surface area contributed by atoms with Crippen LogP contribution in [0.4, 0.5) is 4.39 Å². The molecule has 2 nitrogen and oxygen atoms in total. The first kappa shape index (κ1) is 16.4. The SMILES string of the molecule is CN1CCN([C@H]2Cc3cc(F)ccc3Sc3ccc(Cl)cc32)CC1. The van der Waals surface area contributed by atoms with Crippen LogP contribution in [0.15, 0.2) is 46.2 Å². The molecule has 0 unspecified atom stereocenters. The first-order valence-corrected chi connectivity index (χ1v) is 9.48. The number of halogens is 2. The summed E-state index contributed by atoms with van der Waals surface area (Å²) in [5, 5.41) is 0.769. The Balaban J connectivity index is 1.77. The van der Waals surface area contributed by atoms with Crippen molar-refractivity contribution in [3.63, 3.8) is 0 Å². The third-order valence-electron chi connectivity index (χ3n) is 4.97. The largest absolute Gasteiger partial charge is 0.304 e. The molecule has 0 aromatic heterocycles. The molecule has 4 rings (SSSR count). The van der Waals surface area contributed by atoms with Crippen LogP contribution in [0.1, 0.15) is 17.2 Å². The number of likely N-dealkylation sites (N-methyl/N-ethyl adjacent to an activating group) is 1. The number of nitrogens with zero attached hydrogens (tertiary/aromatic N) is 2. The lowest BCUT2D eigenvalue weighted by Gasteiger charge is -2.38. The van der Waals surface area contributed by atoms with Crippen molar-refractivity contribution in [3.05, 3.63) is 58.4 Å². The summed E-state index contributed by atoms with van der Waals surface area (Å²) < 4.78 is 13.8. The molecule has 2 aliphatic heterocycles. The Bertz CT molecular complexity index is 759. The van der Waals surface area contributed by atoms with E-state index in [1.54, 1.807) is 23.9 Å². The van der Waals surface area contributed by atoms with Crippen molar-refractivity contribution in [2.75, 3.05) is 33.2 Å². The lowest BCUT2D eigenvalue weighted by Crippen LogP contribution is -2.46. The second-order valence-electron chi connectivity index (χ2n) is 6.60. The van der Waals surface area contributed by atoms with E-state index in [-0.39, 0.29) is 11.9 Å². The highest BCUT2D eigenvalue weighted by atomic mass is 35.5. The van der Waals surface area contributed by atoms with Gasteiger partial charge in [-0.1, -0.05) is 23.4 Å². The monoisotopic (exact) mass is 362 g/mol. The summed E-state index contributed by atoms with van der Waals surface area (Å²) in [6, 6.07) is 11.5. The third-order valence-corrected chi connectivity index (χ3v) is 6.41. The molecule has 0 spiro atoms. The second-order valence-corrected chi connectivity index (χ2v) is 8.12. The first-order chi connectivity index (χ1) is 11.6. The van der Waals surface area contributed by atoms with Crippen molar-refractivity contribution in [1.82, 2.24) is 9.80 Å². The van der Waals surface area contributed by atoms with Crippen molar-refractivity contribution in [1.29, 1.82) is 0 Å². The number of fused-ring (bicyclic) bond motifs is 2. The Morgan fingerprint density at radius 1 is 1.04 bits per heavy atom. The fraction of sp³-hybridized carbons (Fsp3) is 0.368. The maximum atomic E-state index is 13.8. The number of hydrogen-bond donors (Lipinski definition) is 0. The normalized spacial score (nSPS) is 21.9. The van der Waals surface area contributed by atoms with Crippen molar-refractivity contribution in [3.8, 4) is 0 Å². The maximum Gasteiger partial charge on any atom is 0.123 e. The summed E-state index contributed by atoms with van der Waals surface area (Å²) in [6.45, 7) is 4.19. The molecule has 0 saturated carbocycles. The Morgan fingerprint density at radius 3 is 2.58 bits per heavy atom. The van der Waals surface area contributed by atoms with Crippen LogP contribution in [-0.2, 0) is 6.42 Å². The molecule has 2 aromatic carbocycles. The fourth-order valence-electron chi connectivity index (χ4n) is 3.58. The van der Waals surface area contributed by atoms with Gasteiger partial charge in [0.2, 0.25) is 0 Å². The Hall–Kier alpha value is -1.07. The van der Waals surface area contributed by atoms with Gasteiger partial charge in [-0.2, -0.15) is 0 Å². The molecule has 0 bridgehead atoms. The maximum absolute atomic E-state index is 13.8. The predicted molar refractivity (Wildman–Crippen MR) is 97.5 cm³/mol. The molecule has 0 radical (unpaired) electrons. The van der Waals surface area contributed by atoms with Gasteiger partial charge >= 0.3 is 0 Å². The van der Waals surface area contributed by atoms with Gasteiger partial charge in [-0.25, -0.2) is 4.39 Å². The summed E-state index contributed by atoms with van der Waals surface area (Å²) in [7, 11) is 2.16. The number of piperazine rings is 1. The van der Waals surface area contributed by atoms with Crippen molar-refractivity contribution in [2.24, 2.45) is 0 Å². The summed E-state index contributed by atoms with van der Waals surface area (Å²) in [6.07, 6.45) is 0.831. The molecule has 2 aromatic rings. The van der Waals surface area contributed by atoms with Crippen LogP contribution in [0.5, 0.6) is 0 Å². The highest BCUT2D eigenvalue weighted by molar-refractivity contribution is 7.99. The van der Waals surface area contributed by atoms with Crippen LogP contribution in [0.3, 0.4) is 0 Å². The fourth-order valence-corrected chi connectivity index (χ4v) is 4.85. The molecule has 0 N–H and O–H groups in total. The minimum atomic E-state index is -0.157. The molecule has 1 atom stereocenters. The molecular weight excluding hydrogens is 343 g/mol. The molecule has 0 amide bonds. The number of hydrogen-bond acceptors (Lipinski definition) is 3. The van der Waals surface area contributed by atoms with Gasteiger partial charge in [0.15, 0.2) is 0 Å². The standard InChI is InChI=1S/C19H20ClFN2S/c1-22-6-8-23(9-7-22)17-11-13-10-15(21)3-5-18(13)24-19-4-2-14(20)12-16(17)19/h2-5,10,12,17H,6-9,11H2,1H3/t17-/m0/s1. The van der Waals surface area contributed by atoms with Crippen molar-refractivity contribution >= 4 is 23.4 Å². The highest BCUT2D eigenvalue weighted by Gasteiger charge is 2.29. The van der Waals surface area contributed by atoms with Crippen LogP contribution in [0, 0.1) is 5.82 Å². The van der Waals surface area contributed by atoms with Crippen molar-refractivity contribution < 1.29 is 4.39 Å². The molecule has 1 saturated heterocycles. The summed E-state index contributed by atoms with van der Waals surface area (Å²) in [4.78, 5) is 7.26. The number of rotatable bonds is 1. The van der Waals surface area contributed by atoms with E-state index in [1.807, 2.05) is 12.1 Å². The zero-order valence-corrected chi connectivity index (χ0v) is 15.2. The summed E-state index contributed by atoms with van der Waals surface area (Å²) in [5.41, 5.74) is 2.37. The topological polar surface area (TPSA) is 6.48 Å².